The van der Waals surface area contributed by atoms with Crippen molar-refractivity contribution < 1.29 is 0 Å². The van der Waals surface area contributed by atoms with E-state index >= 15 is 0 Å². The number of H-pyrrole nitrogens is 2. The predicted molar refractivity (Wildman–Crippen MR) is 65.6 cm³/mol. The average Bonchev–Trinajstić information content (AvgIpc) is 2.60. The van der Waals surface area contributed by atoms with Crippen molar-refractivity contribution in [1.29, 1.82) is 0 Å². The van der Waals surface area contributed by atoms with Gasteiger partial charge in [0.05, 0.1) is 5.69 Å². The normalized spacial score (nSPS) is 10.4. The van der Waals surface area contributed by atoms with Gasteiger partial charge in [0.25, 0.3) is 5.56 Å². The number of nitrogens with one attached hydrogen (secondary N) is 2. The van der Waals surface area contributed by atoms with Crippen LogP contribution in [-0.2, 0) is 0 Å². The van der Waals surface area contributed by atoms with Gasteiger partial charge in [-0.3, -0.25) is 15.0 Å². The lowest BCUT2D eigenvalue weighted by Crippen LogP contribution is -2.08. The summed E-state index contributed by atoms with van der Waals surface area (Å²) < 4.78 is 0. The molecule has 0 amide bonds. The smallest absolute Gasteiger partial charge is 0.287 e. The van der Waals surface area contributed by atoms with E-state index in [0.717, 1.165) is 11.3 Å². The lowest BCUT2D eigenvalue weighted by atomic mass is 10.1. The summed E-state index contributed by atoms with van der Waals surface area (Å²) in [4.78, 5) is 13.2. The molecule has 1 heterocycles. The number of nitrogens with two attached hydrogens (primary N) is 1. The van der Waals surface area contributed by atoms with Gasteiger partial charge in [-0.2, -0.15) is 0 Å². The quantitative estimate of drug-likeness (QED) is 0.704. The molecule has 16 heavy (non-hydrogen) atoms. The number of aromatic nitrogens is 2. The molecule has 1 aromatic carbocycles. The van der Waals surface area contributed by atoms with Crippen LogP contribution in [0.3, 0.4) is 0 Å². The Hall–Kier alpha value is -2.17. The SMILES string of the molecule is CN(C)c1ccc(-c2[nH][nH]c(=O)c2N)cc1. The third kappa shape index (κ3) is 1.67. The lowest BCUT2D eigenvalue weighted by molar-refractivity contribution is 1.06. The summed E-state index contributed by atoms with van der Waals surface area (Å²) in [7, 11) is 3.95. The number of benzene rings is 1. The predicted octanol–water partition coefficient (Wildman–Crippen LogP) is 1.02. The highest BCUT2D eigenvalue weighted by Gasteiger charge is 2.07. The van der Waals surface area contributed by atoms with Crippen molar-refractivity contribution in [3.8, 4) is 11.3 Å². The second-order valence-electron chi connectivity index (χ2n) is 3.81. The van der Waals surface area contributed by atoms with Crippen LogP contribution in [0.4, 0.5) is 11.4 Å². The molecule has 5 heteroatoms. The van der Waals surface area contributed by atoms with Crippen molar-refractivity contribution in [1.82, 2.24) is 10.2 Å². The highest BCUT2D eigenvalue weighted by Crippen LogP contribution is 2.22. The maximum atomic E-state index is 11.2. The fourth-order valence-corrected chi connectivity index (χ4v) is 1.52. The molecule has 0 aliphatic carbocycles. The first-order chi connectivity index (χ1) is 7.59. The van der Waals surface area contributed by atoms with E-state index in [-0.39, 0.29) is 11.2 Å². The van der Waals surface area contributed by atoms with E-state index in [4.69, 9.17) is 5.73 Å². The van der Waals surface area contributed by atoms with Crippen LogP contribution in [0.25, 0.3) is 11.3 Å². The summed E-state index contributed by atoms with van der Waals surface area (Å²) in [5.74, 6) is 0. The molecular weight excluding hydrogens is 204 g/mol. The molecule has 0 fully saturated rings. The fourth-order valence-electron chi connectivity index (χ4n) is 1.52. The van der Waals surface area contributed by atoms with Crippen LogP contribution >= 0.6 is 0 Å². The number of hydrogen-bond acceptors (Lipinski definition) is 3. The van der Waals surface area contributed by atoms with E-state index in [2.05, 4.69) is 10.2 Å². The maximum absolute atomic E-state index is 11.2. The van der Waals surface area contributed by atoms with Gasteiger partial charge in [0.1, 0.15) is 5.69 Å². The van der Waals surface area contributed by atoms with Gasteiger partial charge >= 0.3 is 0 Å². The Balaban J connectivity index is 2.42. The minimum atomic E-state index is -0.285. The van der Waals surface area contributed by atoms with Crippen LogP contribution in [0, 0.1) is 0 Å². The molecule has 0 bridgehead atoms. The van der Waals surface area contributed by atoms with Gasteiger partial charge in [-0.15, -0.1) is 0 Å². The first-order valence-corrected chi connectivity index (χ1v) is 4.93. The van der Waals surface area contributed by atoms with Crippen molar-refractivity contribution in [2.24, 2.45) is 0 Å². The molecule has 0 spiro atoms. The van der Waals surface area contributed by atoms with Crippen molar-refractivity contribution in [2.75, 3.05) is 24.7 Å². The van der Waals surface area contributed by atoms with E-state index < -0.39 is 0 Å². The Morgan fingerprint density at radius 2 is 1.75 bits per heavy atom. The summed E-state index contributed by atoms with van der Waals surface area (Å²) in [5, 5.41) is 5.22. The molecule has 2 aromatic rings. The summed E-state index contributed by atoms with van der Waals surface area (Å²) >= 11 is 0. The second-order valence-corrected chi connectivity index (χ2v) is 3.81. The Morgan fingerprint density at radius 3 is 2.19 bits per heavy atom. The first-order valence-electron chi connectivity index (χ1n) is 4.93. The Labute approximate surface area is 92.9 Å². The van der Waals surface area contributed by atoms with Gasteiger partial charge in [0.2, 0.25) is 0 Å². The van der Waals surface area contributed by atoms with Gasteiger partial charge in [-0.05, 0) is 12.1 Å². The van der Waals surface area contributed by atoms with E-state index in [1.165, 1.54) is 0 Å². The molecule has 0 aliphatic rings. The molecule has 4 N–H and O–H groups in total. The Morgan fingerprint density at radius 1 is 1.12 bits per heavy atom. The van der Waals surface area contributed by atoms with Gasteiger partial charge < -0.3 is 10.6 Å². The summed E-state index contributed by atoms with van der Waals surface area (Å²) in [6.45, 7) is 0. The molecule has 84 valence electrons. The second kappa shape index (κ2) is 3.77. The molecular formula is C11H14N4O. The van der Waals surface area contributed by atoms with Gasteiger partial charge in [0, 0.05) is 25.3 Å². The highest BCUT2D eigenvalue weighted by molar-refractivity contribution is 5.72. The third-order valence-electron chi connectivity index (χ3n) is 2.49. The molecule has 5 nitrogen and oxygen atoms in total. The minimum Gasteiger partial charge on any atom is -0.392 e. The highest BCUT2D eigenvalue weighted by atomic mass is 16.1. The zero-order valence-electron chi connectivity index (χ0n) is 9.24. The van der Waals surface area contributed by atoms with E-state index in [9.17, 15) is 4.79 Å². The summed E-state index contributed by atoms with van der Waals surface area (Å²) in [6, 6.07) is 7.79. The third-order valence-corrected chi connectivity index (χ3v) is 2.49. The summed E-state index contributed by atoms with van der Waals surface area (Å²) in [6.07, 6.45) is 0. The van der Waals surface area contributed by atoms with Gasteiger partial charge in [-0.25, -0.2) is 0 Å². The molecule has 0 radical (unpaired) electrons. The topological polar surface area (TPSA) is 77.9 Å². The standard InChI is InChI=1S/C11H14N4O/c1-15(2)8-5-3-7(4-6-8)10-9(12)11(16)14-13-10/h3-6H,12H2,1-2H3,(H2,13,14,16). The molecule has 1 aromatic heterocycles. The van der Waals surface area contributed by atoms with Crippen LogP contribution < -0.4 is 16.2 Å². The van der Waals surface area contributed by atoms with E-state index in [1.54, 1.807) is 0 Å². The number of hydrogen-bond donors (Lipinski definition) is 3. The van der Waals surface area contributed by atoms with Crippen molar-refractivity contribution in [3.05, 3.63) is 34.6 Å². The van der Waals surface area contributed by atoms with Crippen LogP contribution in [0.15, 0.2) is 29.1 Å². The Kier molecular flexibility index (Phi) is 2.44. The van der Waals surface area contributed by atoms with Gasteiger partial charge in [0.15, 0.2) is 0 Å². The van der Waals surface area contributed by atoms with E-state index in [1.807, 2.05) is 43.3 Å². The molecule has 2 rings (SSSR count). The number of nitrogen functional groups attached to an aromatic ring is 1. The maximum Gasteiger partial charge on any atom is 0.287 e. The van der Waals surface area contributed by atoms with Gasteiger partial charge in [-0.1, -0.05) is 12.1 Å². The molecule has 0 aliphatic heterocycles. The van der Waals surface area contributed by atoms with E-state index in [0.29, 0.717) is 5.69 Å². The fraction of sp³-hybridized carbons (Fsp3) is 0.182. The number of anilines is 2. The average molecular weight is 218 g/mol. The van der Waals surface area contributed by atoms with Crippen molar-refractivity contribution >= 4 is 11.4 Å². The van der Waals surface area contributed by atoms with Crippen LogP contribution in [0.1, 0.15) is 0 Å². The largest absolute Gasteiger partial charge is 0.392 e. The zero-order valence-corrected chi connectivity index (χ0v) is 9.24. The molecule has 0 saturated heterocycles. The van der Waals surface area contributed by atoms with Crippen molar-refractivity contribution in [2.45, 2.75) is 0 Å². The first kappa shape index (κ1) is 10.4. The molecule has 0 unspecified atom stereocenters. The molecule has 0 saturated carbocycles. The number of aromatic amines is 2. The lowest BCUT2D eigenvalue weighted by Gasteiger charge is -2.12. The Bertz CT molecular complexity index is 536. The number of rotatable bonds is 2. The van der Waals surface area contributed by atoms with Crippen molar-refractivity contribution in [3.63, 3.8) is 0 Å². The zero-order chi connectivity index (χ0) is 11.7. The molecule has 0 atom stereocenters. The monoisotopic (exact) mass is 218 g/mol. The van der Waals surface area contributed by atoms with Crippen LogP contribution in [-0.4, -0.2) is 24.3 Å². The summed E-state index contributed by atoms with van der Waals surface area (Å²) in [5.41, 5.74) is 8.20. The van der Waals surface area contributed by atoms with Crippen LogP contribution in [0.5, 0.6) is 0 Å². The van der Waals surface area contributed by atoms with Crippen LogP contribution in [0.2, 0.25) is 0 Å². The number of nitrogens with zero attached hydrogens (tertiary/aromatic N) is 1. The minimum absolute atomic E-state index is 0.220.